The fourth-order valence-corrected chi connectivity index (χ4v) is 3.51. The molecule has 2 amide bonds. The predicted octanol–water partition coefficient (Wildman–Crippen LogP) is 3.08. The number of hydrogen-bond acceptors (Lipinski definition) is 3. The van der Waals surface area contributed by atoms with Crippen LogP contribution in [0.15, 0.2) is 18.2 Å². The molecule has 0 aromatic heterocycles. The van der Waals surface area contributed by atoms with Gasteiger partial charge < -0.3 is 15.7 Å². The van der Waals surface area contributed by atoms with Gasteiger partial charge in [0.05, 0.1) is 10.7 Å². The topological polar surface area (TPSA) is 78.4 Å². The second-order valence-electron chi connectivity index (χ2n) is 4.39. The Labute approximate surface area is 130 Å². The number of hydrogen-bond donors (Lipinski definition) is 3. The Bertz CT molecular complexity index is 548. The van der Waals surface area contributed by atoms with Crippen molar-refractivity contribution in [1.82, 2.24) is 5.32 Å². The van der Waals surface area contributed by atoms with E-state index in [-0.39, 0.29) is 0 Å². The zero-order valence-corrected chi connectivity index (χ0v) is 12.6. The van der Waals surface area contributed by atoms with Gasteiger partial charge in [0, 0.05) is 10.8 Å². The van der Waals surface area contributed by atoms with Gasteiger partial charge in [-0.3, -0.25) is 0 Å². The van der Waals surface area contributed by atoms with Gasteiger partial charge in [0.2, 0.25) is 0 Å². The summed E-state index contributed by atoms with van der Waals surface area (Å²) >= 11 is 13.2. The SMILES string of the molecule is O=C(Nc1cc(Cl)ccc1Cl)NC1(C(=O)O)CCSC1. The molecule has 1 fully saturated rings. The van der Waals surface area contributed by atoms with E-state index < -0.39 is 17.5 Å². The molecule has 1 aromatic carbocycles. The molecule has 0 spiro atoms. The molecule has 0 bridgehead atoms. The lowest BCUT2D eigenvalue weighted by atomic mass is 10.00. The van der Waals surface area contributed by atoms with Gasteiger partial charge in [-0.2, -0.15) is 11.8 Å². The molecule has 8 heteroatoms. The number of halogens is 2. The van der Waals surface area contributed by atoms with E-state index in [4.69, 9.17) is 23.2 Å². The van der Waals surface area contributed by atoms with Gasteiger partial charge in [0.1, 0.15) is 5.54 Å². The highest BCUT2D eigenvalue weighted by molar-refractivity contribution is 7.99. The molecule has 3 N–H and O–H groups in total. The molecule has 108 valence electrons. The Balaban J connectivity index is 2.08. The molecule has 20 heavy (non-hydrogen) atoms. The summed E-state index contributed by atoms with van der Waals surface area (Å²) in [7, 11) is 0. The summed E-state index contributed by atoms with van der Waals surface area (Å²) < 4.78 is 0. The van der Waals surface area contributed by atoms with E-state index in [1.54, 1.807) is 12.1 Å². The minimum atomic E-state index is -1.22. The third-order valence-corrected chi connectivity index (χ3v) is 4.71. The highest BCUT2D eigenvalue weighted by Crippen LogP contribution is 2.29. The number of amides is 2. The molecule has 1 aliphatic rings. The van der Waals surface area contributed by atoms with Crippen molar-refractivity contribution in [3.63, 3.8) is 0 Å². The summed E-state index contributed by atoms with van der Waals surface area (Å²) in [6, 6.07) is 4.04. The Kier molecular flexibility index (Phi) is 4.67. The number of aliphatic carboxylic acids is 1. The number of nitrogens with one attached hydrogen (secondary N) is 2. The van der Waals surface area contributed by atoms with Crippen molar-refractivity contribution in [3.05, 3.63) is 28.2 Å². The summed E-state index contributed by atoms with van der Waals surface area (Å²) in [5.74, 6) is 0.0126. The zero-order valence-electron chi connectivity index (χ0n) is 10.3. The molecule has 0 aliphatic carbocycles. The average Bonchev–Trinajstić information content (AvgIpc) is 2.83. The lowest BCUT2D eigenvalue weighted by Crippen LogP contribution is -2.55. The Hall–Kier alpha value is -1.11. The highest BCUT2D eigenvalue weighted by atomic mass is 35.5. The number of anilines is 1. The van der Waals surface area contributed by atoms with E-state index in [1.165, 1.54) is 17.8 Å². The maximum absolute atomic E-state index is 11.9. The second-order valence-corrected chi connectivity index (χ2v) is 6.34. The zero-order chi connectivity index (χ0) is 14.8. The number of carbonyl (C=O) groups excluding carboxylic acids is 1. The van der Waals surface area contributed by atoms with Crippen molar-refractivity contribution in [2.45, 2.75) is 12.0 Å². The van der Waals surface area contributed by atoms with Gasteiger partial charge in [-0.05, 0) is 30.4 Å². The van der Waals surface area contributed by atoms with Crippen LogP contribution in [0.3, 0.4) is 0 Å². The number of carboxylic acid groups (broad SMARTS) is 1. The number of urea groups is 1. The molecule has 0 saturated carbocycles. The van der Waals surface area contributed by atoms with Crippen LogP contribution in [-0.2, 0) is 4.79 Å². The van der Waals surface area contributed by atoms with Gasteiger partial charge in [-0.15, -0.1) is 0 Å². The average molecular weight is 335 g/mol. The third-order valence-electron chi connectivity index (χ3n) is 2.96. The van der Waals surface area contributed by atoms with E-state index in [9.17, 15) is 14.7 Å². The van der Waals surface area contributed by atoms with Crippen LogP contribution in [0.1, 0.15) is 6.42 Å². The van der Waals surface area contributed by atoms with Gasteiger partial charge >= 0.3 is 12.0 Å². The minimum Gasteiger partial charge on any atom is -0.479 e. The third kappa shape index (κ3) is 3.31. The molecule has 1 atom stereocenters. The number of carbonyl (C=O) groups is 2. The Morgan fingerprint density at radius 3 is 2.70 bits per heavy atom. The molecule has 1 saturated heterocycles. The Morgan fingerprint density at radius 1 is 1.35 bits per heavy atom. The maximum atomic E-state index is 11.9. The highest BCUT2D eigenvalue weighted by Gasteiger charge is 2.43. The fourth-order valence-electron chi connectivity index (χ4n) is 1.85. The van der Waals surface area contributed by atoms with Crippen LogP contribution in [0.4, 0.5) is 10.5 Å². The lowest BCUT2D eigenvalue weighted by molar-refractivity contribution is -0.143. The summed E-state index contributed by atoms with van der Waals surface area (Å²) in [4.78, 5) is 23.3. The molecule has 1 heterocycles. The smallest absolute Gasteiger partial charge is 0.330 e. The largest absolute Gasteiger partial charge is 0.479 e. The number of rotatable bonds is 3. The van der Waals surface area contributed by atoms with E-state index in [0.29, 0.717) is 33.7 Å². The van der Waals surface area contributed by atoms with Crippen molar-refractivity contribution in [1.29, 1.82) is 0 Å². The van der Waals surface area contributed by atoms with Crippen LogP contribution in [0.2, 0.25) is 10.0 Å². The van der Waals surface area contributed by atoms with Crippen molar-refractivity contribution in [2.75, 3.05) is 16.8 Å². The monoisotopic (exact) mass is 334 g/mol. The first-order valence-electron chi connectivity index (χ1n) is 5.78. The quantitative estimate of drug-likeness (QED) is 0.793. The van der Waals surface area contributed by atoms with Crippen molar-refractivity contribution >= 4 is 52.7 Å². The summed E-state index contributed by atoms with van der Waals surface area (Å²) in [5.41, 5.74) is -0.886. The van der Waals surface area contributed by atoms with E-state index >= 15 is 0 Å². The number of thioether (sulfide) groups is 1. The van der Waals surface area contributed by atoms with Crippen LogP contribution in [-0.4, -0.2) is 34.2 Å². The molecule has 2 rings (SSSR count). The summed E-state index contributed by atoms with van der Waals surface area (Å²) in [6.45, 7) is 0. The van der Waals surface area contributed by atoms with Crippen LogP contribution in [0.25, 0.3) is 0 Å². The van der Waals surface area contributed by atoms with E-state index in [0.717, 1.165) is 0 Å². The van der Waals surface area contributed by atoms with Crippen molar-refractivity contribution in [2.24, 2.45) is 0 Å². The van der Waals surface area contributed by atoms with Crippen molar-refractivity contribution in [3.8, 4) is 0 Å². The number of benzene rings is 1. The van der Waals surface area contributed by atoms with Crippen LogP contribution < -0.4 is 10.6 Å². The molecule has 1 unspecified atom stereocenters. The van der Waals surface area contributed by atoms with E-state index in [2.05, 4.69) is 10.6 Å². The van der Waals surface area contributed by atoms with Gasteiger partial charge in [0.25, 0.3) is 0 Å². The van der Waals surface area contributed by atoms with Crippen LogP contribution in [0, 0.1) is 0 Å². The predicted molar refractivity (Wildman–Crippen MR) is 80.9 cm³/mol. The van der Waals surface area contributed by atoms with Gasteiger partial charge in [-0.1, -0.05) is 23.2 Å². The molecule has 1 aromatic rings. The molecule has 5 nitrogen and oxygen atoms in total. The Morgan fingerprint density at radius 2 is 2.10 bits per heavy atom. The lowest BCUT2D eigenvalue weighted by Gasteiger charge is -2.24. The first-order valence-corrected chi connectivity index (χ1v) is 7.69. The molecular weight excluding hydrogens is 323 g/mol. The number of carboxylic acids is 1. The normalized spacial score (nSPS) is 21.5. The van der Waals surface area contributed by atoms with Crippen LogP contribution in [0.5, 0.6) is 0 Å². The maximum Gasteiger partial charge on any atom is 0.330 e. The van der Waals surface area contributed by atoms with Crippen LogP contribution >= 0.6 is 35.0 Å². The molecule has 0 radical (unpaired) electrons. The molecular formula is C12H12Cl2N2O3S. The molecule has 1 aliphatic heterocycles. The van der Waals surface area contributed by atoms with Gasteiger partial charge in [-0.25, -0.2) is 9.59 Å². The fraction of sp³-hybridized carbons (Fsp3) is 0.333. The summed E-state index contributed by atoms with van der Waals surface area (Å²) in [5, 5.41) is 15.1. The minimum absolute atomic E-state index is 0.328. The van der Waals surface area contributed by atoms with E-state index in [1.807, 2.05) is 0 Å². The standard InChI is InChI=1S/C12H12Cl2N2O3S/c13-7-1-2-8(14)9(5-7)15-11(19)16-12(10(17)18)3-4-20-6-12/h1-2,5H,3-4,6H2,(H,17,18)(H2,15,16,19). The second kappa shape index (κ2) is 6.11. The van der Waals surface area contributed by atoms with Gasteiger partial charge in [0.15, 0.2) is 0 Å². The summed E-state index contributed by atoms with van der Waals surface area (Å²) in [6.07, 6.45) is 0.393. The first kappa shape index (κ1) is 15.3. The first-order chi connectivity index (χ1) is 9.43. The van der Waals surface area contributed by atoms with Crippen molar-refractivity contribution < 1.29 is 14.7 Å².